The number of benzene rings is 1. The molecule has 0 bridgehead atoms. The average molecular weight is 320 g/mol. The number of aliphatic carboxylic acids is 1. The van der Waals surface area contributed by atoms with Gasteiger partial charge in [0.2, 0.25) is 0 Å². The molecule has 1 fully saturated rings. The molecule has 0 aromatic heterocycles. The van der Waals surface area contributed by atoms with Crippen molar-refractivity contribution in [2.24, 2.45) is 0 Å². The number of carbonyl (C=O) groups is 2. The molecule has 0 radical (unpaired) electrons. The minimum absolute atomic E-state index is 0.113. The Morgan fingerprint density at radius 2 is 1.78 bits per heavy atom. The first-order valence-electron chi connectivity index (χ1n) is 7.66. The lowest BCUT2D eigenvalue weighted by molar-refractivity contribution is -0.384. The van der Waals surface area contributed by atoms with Crippen molar-refractivity contribution >= 4 is 17.6 Å². The van der Waals surface area contributed by atoms with Crippen molar-refractivity contribution in [3.05, 3.63) is 39.4 Å². The van der Waals surface area contributed by atoms with Crippen LogP contribution in [0, 0.1) is 17.0 Å². The molecule has 1 aromatic rings. The number of aryl methyl sites for hydroxylation is 1. The highest BCUT2D eigenvalue weighted by Gasteiger charge is 2.40. The van der Waals surface area contributed by atoms with Crippen molar-refractivity contribution in [2.75, 3.05) is 0 Å². The van der Waals surface area contributed by atoms with Gasteiger partial charge in [-0.3, -0.25) is 14.9 Å². The molecule has 0 heterocycles. The molecule has 124 valence electrons. The summed E-state index contributed by atoms with van der Waals surface area (Å²) in [4.78, 5) is 34.5. The zero-order valence-electron chi connectivity index (χ0n) is 13.0. The topological polar surface area (TPSA) is 110 Å². The molecule has 23 heavy (non-hydrogen) atoms. The Hall–Kier alpha value is -2.44. The summed E-state index contributed by atoms with van der Waals surface area (Å²) in [5.74, 6) is -1.63. The molecule has 0 saturated heterocycles. The quantitative estimate of drug-likeness (QED) is 0.503. The first-order valence-corrected chi connectivity index (χ1v) is 7.66. The number of nitro groups is 1. The molecule has 0 unspecified atom stereocenters. The van der Waals surface area contributed by atoms with Crippen molar-refractivity contribution in [1.29, 1.82) is 0 Å². The lowest BCUT2D eigenvalue weighted by atomic mass is 9.89. The van der Waals surface area contributed by atoms with Crippen LogP contribution in [-0.2, 0) is 4.79 Å². The Kier molecular flexibility index (Phi) is 4.98. The average Bonchev–Trinajstić information content (AvgIpc) is 2.73. The molecule has 7 nitrogen and oxygen atoms in total. The molecule has 1 amide bonds. The van der Waals surface area contributed by atoms with Gasteiger partial charge in [0, 0.05) is 17.7 Å². The minimum Gasteiger partial charge on any atom is -0.480 e. The largest absolute Gasteiger partial charge is 0.480 e. The van der Waals surface area contributed by atoms with Crippen LogP contribution in [0.4, 0.5) is 5.69 Å². The van der Waals surface area contributed by atoms with Crippen LogP contribution in [0.5, 0.6) is 0 Å². The molecule has 1 aliphatic rings. The summed E-state index contributed by atoms with van der Waals surface area (Å²) in [6.07, 6.45) is 4.12. The number of non-ortho nitro benzene ring substituents is 1. The maximum absolute atomic E-state index is 12.5. The van der Waals surface area contributed by atoms with Gasteiger partial charge < -0.3 is 10.4 Å². The van der Waals surface area contributed by atoms with Crippen LogP contribution < -0.4 is 5.32 Å². The van der Waals surface area contributed by atoms with Crippen LogP contribution in [0.25, 0.3) is 0 Å². The van der Waals surface area contributed by atoms with Gasteiger partial charge in [-0.1, -0.05) is 25.7 Å². The molecule has 7 heteroatoms. The van der Waals surface area contributed by atoms with E-state index in [4.69, 9.17) is 0 Å². The van der Waals surface area contributed by atoms with E-state index in [2.05, 4.69) is 5.32 Å². The number of hydrogen-bond donors (Lipinski definition) is 2. The lowest BCUT2D eigenvalue weighted by Crippen LogP contribution is -2.54. The summed E-state index contributed by atoms with van der Waals surface area (Å²) in [7, 11) is 0. The SMILES string of the molecule is Cc1cc(C(=O)NC2(C(=O)O)CCCCCC2)cc([N+](=O)[O-])c1. The van der Waals surface area contributed by atoms with Gasteiger partial charge in [-0.2, -0.15) is 0 Å². The normalized spacial score (nSPS) is 17.1. The first-order chi connectivity index (χ1) is 10.8. The summed E-state index contributed by atoms with van der Waals surface area (Å²) in [6, 6.07) is 4.07. The summed E-state index contributed by atoms with van der Waals surface area (Å²) >= 11 is 0. The van der Waals surface area contributed by atoms with Gasteiger partial charge in [0.15, 0.2) is 0 Å². The third kappa shape index (κ3) is 3.85. The fourth-order valence-electron chi connectivity index (χ4n) is 3.01. The molecule has 1 aromatic carbocycles. The van der Waals surface area contributed by atoms with E-state index in [-0.39, 0.29) is 11.3 Å². The Morgan fingerprint density at radius 3 is 2.30 bits per heavy atom. The Labute approximate surface area is 133 Å². The summed E-state index contributed by atoms with van der Waals surface area (Å²) in [5.41, 5.74) is -0.775. The second kappa shape index (κ2) is 6.76. The molecule has 2 rings (SSSR count). The van der Waals surface area contributed by atoms with Gasteiger partial charge in [0.1, 0.15) is 5.54 Å². The van der Waals surface area contributed by atoms with Crippen molar-refractivity contribution in [3.8, 4) is 0 Å². The number of carboxylic acids is 1. The summed E-state index contributed by atoms with van der Waals surface area (Å²) in [6.45, 7) is 1.66. The number of hydrogen-bond acceptors (Lipinski definition) is 4. The van der Waals surface area contributed by atoms with Gasteiger partial charge in [0.05, 0.1) is 4.92 Å². The van der Waals surface area contributed by atoms with E-state index >= 15 is 0 Å². The lowest BCUT2D eigenvalue weighted by Gasteiger charge is -2.29. The van der Waals surface area contributed by atoms with Gasteiger partial charge >= 0.3 is 5.97 Å². The number of rotatable bonds is 4. The van der Waals surface area contributed by atoms with Crippen molar-refractivity contribution < 1.29 is 19.6 Å². The fourth-order valence-corrected chi connectivity index (χ4v) is 3.01. The summed E-state index contributed by atoms with van der Waals surface area (Å²) < 4.78 is 0. The van der Waals surface area contributed by atoms with E-state index in [1.807, 2.05) is 0 Å². The fraction of sp³-hybridized carbons (Fsp3) is 0.500. The van der Waals surface area contributed by atoms with Gasteiger partial charge in [-0.05, 0) is 31.4 Å². The predicted octanol–water partition coefficient (Wildman–Crippen LogP) is 2.81. The molecule has 0 aliphatic heterocycles. The molecule has 1 aliphatic carbocycles. The highest BCUT2D eigenvalue weighted by Crippen LogP contribution is 2.28. The molecule has 0 atom stereocenters. The van der Waals surface area contributed by atoms with Crippen molar-refractivity contribution in [2.45, 2.75) is 51.0 Å². The highest BCUT2D eigenvalue weighted by atomic mass is 16.6. The van der Waals surface area contributed by atoms with Crippen molar-refractivity contribution in [3.63, 3.8) is 0 Å². The van der Waals surface area contributed by atoms with Crippen LogP contribution in [0.1, 0.15) is 54.4 Å². The predicted molar refractivity (Wildman–Crippen MR) is 83.4 cm³/mol. The number of carbonyl (C=O) groups excluding carboxylic acids is 1. The second-order valence-corrected chi connectivity index (χ2v) is 6.07. The van der Waals surface area contributed by atoms with E-state index in [9.17, 15) is 24.8 Å². The molecule has 0 spiro atoms. The van der Waals surface area contributed by atoms with Crippen molar-refractivity contribution in [1.82, 2.24) is 5.32 Å². The third-order valence-corrected chi connectivity index (χ3v) is 4.25. The molecule has 2 N–H and O–H groups in total. The maximum atomic E-state index is 12.5. The molecule has 1 saturated carbocycles. The number of nitro benzene ring substituents is 1. The number of nitrogens with zero attached hydrogens (tertiary/aromatic N) is 1. The Morgan fingerprint density at radius 1 is 1.17 bits per heavy atom. The van der Waals surface area contributed by atoms with E-state index in [0.29, 0.717) is 18.4 Å². The summed E-state index contributed by atoms with van der Waals surface area (Å²) in [5, 5.41) is 23.1. The van der Waals surface area contributed by atoms with Crippen LogP contribution >= 0.6 is 0 Å². The van der Waals surface area contributed by atoms with Gasteiger partial charge in [-0.25, -0.2) is 4.79 Å². The molecular weight excluding hydrogens is 300 g/mol. The van der Waals surface area contributed by atoms with Crippen LogP contribution in [0.3, 0.4) is 0 Å². The zero-order chi connectivity index (χ0) is 17.0. The molecular formula is C16H20N2O5. The highest BCUT2D eigenvalue weighted by molar-refractivity contribution is 5.98. The number of carboxylic acid groups (broad SMARTS) is 1. The smallest absolute Gasteiger partial charge is 0.329 e. The van der Waals surface area contributed by atoms with E-state index < -0.39 is 22.3 Å². The van der Waals surface area contributed by atoms with Gasteiger partial charge in [-0.15, -0.1) is 0 Å². The van der Waals surface area contributed by atoms with E-state index in [1.54, 1.807) is 6.92 Å². The first kappa shape index (κ1) is 16.9. The van der Waals surface area contributed by atoms with Crippen LogP contribution in [0.2, 0.25) is 0 Å². The third-order valence-electron chi connectivity index (χ3n) is 4.25. The van der Waals surface area contributed by atoms with Gasteiger partial charge in [0.25, 0.3) is 11.6 Å². The Balaban J connectivity index is 2.28. The number of amides is 1. The minimum atomic E-state index is -1.29. The zero-order valence-corrected chi connectivity index (χ0v) is 13.0. The second-order valence-electron chi connectivity index (χ2n) is 6.07. The van der Waals surface area contributed by atoms with Crippen LogP contribution in [-0.4, -0.2) is 27.4 Å². The van der Waals surface area contributed by atoms with E-state index in [1.165, 1.54) is 18.2 Å². The monoisotopic (exact) mass is 320 g/mol. The van der Waals surface area contributed by atoms with Crippen LogP contribution in [0.15, 0.2) is 18.2 Å². The Bertz CT molecular complexity index is 633. The van der Waals surface area contributed by atoms with E-state index in [0.717, 1.165) is 25.7 Å². The standard InChI is InChI=1S/C16H20N2O5/c1-11-8-12(10-13(9-11)18(22)23)14(19)17-16(15(20)21)6-4-2-3-5-7-16/h8-10H,2-7H2,1H3,(H,17,19)(H,20,21). The number of nitrogens with one attached hydrogen (secondary N) is 1. The maximum Gasteiger partial charge on any atom is 0.329 e.